The Hall–Kier alpha value is -0.880. The molecule has 12 atom stereocenters. The summed E-state index contributed by atoms with van der Waals surface area (Å²) in [6.45, 7) is 7.33. The van der Waals surface area contributed by atoms with Crippen LogP contribution in [0.15, 0.2) is 22.8 Å². The van der Waals surface area contributed by atoms with E-state index in [2.05, 4.69) is 6.08 Å². The van der Waals surface area contributed by atoms with Crippen molar-refractivity contribution in [1.82, 2.24) is 0 Å². The van der Waals surface area contributed by atoms with Crippen LogP contribution in [0.4, 0.5) is 0 Å². The Morgan fingerprint density at radius 1 is 1.00 bits per heavy atom. The van der Waals surface area contributed by atoms with E-state index >= 15 is 0 Å². The first-order valence-electron chi connectivity index (χ1n) is 12.8. The topological polar surface area (TPSA) is 160 Å². The summed E-state index contributed by atoms with van der Waals surface area (Å²) in [6, 6.07) is 0. The summed E-state index contributed by atoms with van der Waals surface area (Å²) in [4.78, 5) is 0. The van der Waals surface area contributed by atoms with Gasteiger partial charge in [-0.15, -0.1) is 0 Å². The third-order valence-corrected chi connectivity index (χ3v) is 9.04. The van der Waals surface area contributed by atoms with E-state index in [1.165, 1.54) is 0 Å². The predicted molar refractivity (Wildman–Crippen MR) is 126 cm³/mol. The minimum absolute atomic E-state index is 0.00303. The van der Waals surface area contributed by atoms with Gasteiger partial charge in [-0.2, -0.15) is 0 Å². The highest BCUT2D eigenvalue weighted by Gasteiger charge is 2.55. The van der Waals surface area contributed by atoms with Crippen LogP contribution < -0.4 is 0 Å². The molecular weight excluding hydrogens is 456 g/mol. The van der Waals surface area contributed by atoms with Gasteiger partial charge in [0.05, 0.1) is 18.8 Å². The fourth-order valence-electron chi connectivity index (χ4n) is 6.77. The largest absolute Gasteiger partial charge is 0.396 e. The molecule has 0 aromatic carbocycles. The van der Waals surface area contributed by atoms with Crippen LogP contribution in [0.25, 0.3) is 0 Å². The summed E-state index contributed by atoms with van der Waals surface area (Å²) < 4.78 is 11.9. The van der Waals surface area contributed by atoms with Gasteiger partial charge in [0.1, 0.15) is 30.5 Å². The van der Waals surface area contributed by atoms with Gasteiger partial charge in [-0.3, -0.25) is 0 Å². The molecule has 200 valence electrons. The Balaban J connectivity index is 1.81. The van der Waals surface area contributed by atoms with E-state index in [0.29, 0.717) is 6.42 Å². The number of hydrogen-bond donors (Lipinski definition) is 7. The lowest BCUT2D eigenvalue weighted by molar-refractivity contribution is -0.315. The second kappa shape index (κ2) is 10.1. The van der Waals surface area contributed by atoms with Crippen molar-refractivity contribution in [1.29, 1.82) is 0 Å². The first-order chi connectivity index (χ1) is 16.5. The average Bonchev–Trinajstić information content (AvgIpc) is 3.33. The third kappa shape index (κ3) is 4.43. The molecule has 1 heterocycles. The number of aliphatic hydroxyl groups is 7. The molecular formula is C26H42O9. The molecule has 2 fully saturated rings. The van der Waals surface area contributed by atoms with Crippen molar-refractivity contribution < 1.29 is 45.2 Å². The van der Waals surface area contributed by atoms with E-state index in [-0.39, 0.29) is 30.3 Å². The van der Waals surface area contributed by atoms with Gasteiger partial charge in [-0.25, -0.2) is 0 Å². The number of fused-ring (bicyclic) bond motifs is 2. The standard InChI is InChI=1S/C26H42O9/c1-11(2)15-7-18(29)26(4)8-16-13(9-27)5-6-14(16)12(3)20(30)24(19(15)26)35-25-23(33)22(32)21(31)17(10-28)34-25/h8,11-14,17-18,20-25,27-33H,5-7,9-10H2,1-4H3/t12-,13-,14+,17-,18+,20-,21-,22+,23-,24-,25-,26+/m1/s1. The summed E-state index contributed by atoms with van der Waals surface area (Å²) >= 11 is 0. The van der Waals surface area contributed by atoms with Gasteiger partial charge >= 0.3 is 0 Å². The van der Waals surface area contributed by atoms with Gasteiger partial charge in [-0.1, -0.05) is 38.0 Å². The second-order valence-corrected chi connectivity index (χ2v) is 11.4. The van der Waals surface area contributed by atoms with E-state index in [1.807, 2.05) is 27.7 Å². The van der Waals surface area contributed by atoms with Crippen molar-refractivity contribution in [2.75, 3.05) is 13.2 Å². The van der Waals surface area contributed by atoms with Crippen molar-refractivity contribution in [3.8, 4) is 0 Å². The number of rotatable bonds is 5. The fraction of sp³-hybridized carbons (Fsp3) is 0.846. The van der Waals surface area contributed by atoms with E-state index in [9.17, 15) is 35.7 Å². The zero-order chi connectivity index (χ0) is 25.8. The van der Waals surface area contributed by atoms with Gasteiger partial charge in [0.2, 0.25) is 0 Å². The second-order valence-electron chi connectivity index (χ2n) is 11.4. The highest BCUT2D eigenvalue weighted by molar-refractivity contribution is 5.43. The average molecular weight is 499 g/mol. The summed E-state index contributed by atoms with van der Waals surface area (Å²) in [5.74, 6) is -0.228. The molecule has 1 saturated carbocycles. The van der Waals surface area contributed by atoms with E-state index in [4.69, 9.17) is 9.47 Å². The van der Waals surface area contributed by atoms with Crippen LogP contribution in [0.3, 0.4) is 0 Å². The molecule has 0 aromatic rings. The lowest BCUT2D eigenvalue weighted by atomic mass is 9.68. The minimum atomic E-state index is -1.60. The number of hydrogen-bond acceptors (Lipinski definition) is 9. The zero-order valence-electron chi connectivity index (χ0n) is 21.0. The van der Waals surface area contributed by atoms with Gasteiger partial charge in [0.25, 0.3) is 0 Å². The molecule has 0 amide bonds. The van der Waals surface area contributed by atoms with Crippen LogP contribution in [0.2, 0.25) is 0 Å². The maximum absolute atomic E-state index is 11.7. The van der Waals surface area contributed by atoms with Crippen molar-refractivity contribution in [2.24, 2.45) is 29.1 Å². The van der Waals surface area contributed by atoms with E-state index in [0.717, 1.165) is 29.6 Å². The maximum atomic E-state index is 11.7. The summed E-state index contributed by atoms with van der Waals surface area (Å²) in [7, 11) is 0. The van der Waals surface area contributed by atoms with Gasteiger partial charge in [0.15, 0.2) is 6.29 Å². The Labute approximate surface area is 206 Å². The van der Waals surface area contributed by atoms with Crippen LogP contribution in [-0.2, 0) is 9.47 Å². The fourth-order valence-corrected chi connectivity index (χ4v) is 6.77. The summed E-state index contributed by atoms with van der Waals surface area (Å²) in [5.41, 5.74) is 1.88. The Morgan fingerprint density at radius 3 is 2.29 bits per heavy atom. The number of aliphatic hydroxyl groups excluding tert-OH is 7. The van der Waals surface area contributed by atoms with Crippen molar-refractivity contribution in [3.63, 3.8) is 0 Å². The highest BCUT2D eigenvalue weighted by Crippen LogP contribution is 2.55. The molecule has 7 N–H and O–H groups in total. The van der Waals surface area contributed by atoms with E-state index < -0.39 is 61.0 Å². The Bertz CT molecular complexity index is 839. The molecule has 4 rings (SSSR count). The minimum Gasteiger partial charge on any atom is -0.396 e. The summed E-state index contributed by atoms with van der Waals surface area (Å²) in [5, 5.41) is 73.8. The summed E-state index contributed by atoms with van der Waals surface area (Å²) in [6.07, 6.45) is -5.93. The van der Waals surface area contributed by atoms with Crippen LogP contribution in [0.1, 0.15) is 47.0 Å². The van der Waals surface area contributed by atoms with Crippen molar-refractivity contribution >= 4 is 0 Å². The first-order valence-corrected chi connectivity index (χ1v) is 12.8. The molecule has 3 aliphatic carbocycles. The quantitative estimate of drug-likeness (QED) is 0.256. The normalized spacial score (nSPS) is 48.5. The first kappa shape index (κ1) is 27.2. The van der Waals surface area contributed by atoms with Crippen LogP contribution in [-0.4, -0.2) is 98.0 Å². The van der Waals surface area contributed by atoms with Crippen molar-refractivity contribution in [2.45, 2.75) is 96.0 Å². The maximum Gasteiger partial charge on any atom is 0.187 e. The highest BCUT2D eigenvalue weighted by atomic mass is 16.7. The molecule has 0 unspecified atom stereocenters. The molecule has 0 bridgehead atoms. The van der Waals surface area contributed by atoms with Crippen LogP contribution >= 0.6 is 0 Å². The molecule has 1 aliphatic heterocycles. The molecule has 0 spiro atoms. The SMILES string of the molecule is CC(C)C1=C2[C@@H](O[C@H]3O[C@H](CO)[C@@H](O)[C@H](O)[C@H]3O)[C@H](O)[C@H](C)[C@@H]3CC[C@H](CO)C3=C[C@@]2(C)[C@@H](O)C1. The molecule has 9 heteroatoms. The van der Waals surface area contributed by atoms with Gasteiger partial charge < -0.3 is 45.2 Å². The smallest absolute Gasteiger partial charge is 0.187 e. The lowest BCUT2D eigenvalue weighted by Crippen LogP contribution is -2.60. The van der Waals surface area contributed by atoms with Gasteiger partial charge in [-0.05, 0) is 49.5 Å². The number of ether oxygens (including phenoxy) is 2. The molecule has 1 saturated heterocycles. The Morgan fingerprint density at radius 2 is 1.69 bits per heavy atom. The predicted octanol–water partition coefficient (Wildman–Crippen LogP) is -0.149. The molecule has 35 heavy (non-hydrogen) atoms. The van der Waals surface area contributed by atoms with Gasteiger partial charge in [0, 0.05) is 17.9 Å². The van der Waals surface area contributed by atoms with Crippen molar-refractivity contribution in [3.05, 3.63) is 22.8 Å². The molecule has 9 nitrogen and oxygen atoms in total. The Kier molecular flexibility index (Phi) is 7.85. The molecule has 0 aromatic heterocycles. The van der Waals surface area contributed by atoms with Crippen LogP contribution in [0, 0.1) is 29.1 Å². The van der Waals surface area contributed by atoms with E-state index in [1.54, 1.807) is 0 Å². The lowest BCUT2D eigenvalue weighted by Gasteiger charge is -2.46. The zero-order valence-corrected chi connectivity index (χ0v) is 21.0. The van der Waals surface area contributed by atoms with Crippen LogP contribution in [0.5, 0.6) is 0 Å². The third-order valence-electron chi connectivity index (χ3n) is 9.04. The monoisotopic (exact) mass is 498 g/mol. The molecule has 0 radical (unpaired) electrons. The molecule has 4 aliphatic rings.